The van der Waals surface area contributed by atoms with Gasteiger partial charge in [-0.25, -0.2) is 0 Å². The molecule has 0 aliphatic carbocycles. The van der Waals surface area contributed by atoms with Crippen LogP contribution in [0, 0.1) is 11.3 Å². The highest BCUT2D eigenvalue weighted by Crippen LogP contribution is 2.37. The van der Waals surface area contributed by atoms with E-state index in [1.165, 1.54) is 0 Å². The summed E-state index contributed by atoms with van der Waals surface area (Å²) in [5.41, 5.74) is 3.16. The first-order valence-corrected chi connectivity index (χ1v) is 10.5. The molecule has 0 unspecified atom stereocenters. The van der Waals surface area contributed by atoms with Crippen LogP contribution >= 0.6 is 55.1 Å². The Labute approximate surface area is 190 Å². The number of benzene rings is 3. The Kier molecular flexibility index (Phi) is 7.20. The smallest absolute Gasteiger partial charge is 0.148 e. The molecule has 0 spiro atoms. The summed E-state index contributed by atoms with van der Waals surface area (Å²) in [5.74, 6) is 0.654. The first kappa shape index (κ1) is 21.0. The third-order valence-corrected chi connectivity index (χ3v) is 5.69. The molecule has 6 heteroatoms. The molecule has 3 aromatic carbocycles. The molecule has 0 radical (unpaired) electrons. The van der Waals surface area contributed by atoms with Gasteiger partial charge in [-0.05, 0) is 73.3 Å². The fourth-order valence-corrected chi connectivity index (χ4v) is 4.47. The lowest BCUT2D eigenvalue weighted by atomic mass is 10.0. The fourth-order valence-electron chi connectivity index (χ4n) is 2.55. The van der Waals surface area contributed by atoms with Crippen molar-refractivity contribution in [3.05, 3.63) is 96.3 Å². The maximum absolute atomic E-state index is 9.50. The molecule has 0 aliphatic heterocycles. The molecule has 0 aromatic heterocycles. The second-order valence-corrected chi connectivity index (χ2v) is 8.43. The van der Waals surface area contributed by atoms with Crippen LogP contribution in [0.15, 0.2) is 69.6 Å². The van der Waals surface area contributed by atoms with Crippen molar-refractivity contribution >= 4 is 66.7 Å². The average Bonchev–Trinajstić information content (AvgIpc) is 2.67. The molecule has 3 aromatic rings. The lowest BCUT2D eigenvalue weighted by Gasteiger charge is -2.12. The second-order valence-electron chi connectivity index (χ2n) is 5.87. The number of nitrogens with zero attached hydrogens (tertiary/aromatic N) is 1. The summed E-state index contributed by atoms with van der Waals surface area (Å²) in [6.07, 6.45) is 1.84. The van der Waals surface area contributed by atoms with Crippen LogP contribution in [0.5, 0.6) is 5.75 Å². The van der Waals surface area contributed by atoms with Crippen molar-refractivity contribution in [2.24, 2.45) is 0 Å². The van der Waals surface area contributed by atoms with E-state index in [0.29, 0.717) is 28.0 Å². The number of rotatable bonds is 5. The quantitative estimate of drug-likeness (QED) is 0.243. The van der Waals surface area contributed by atoms with Crippen LogP contribution < -0.4 is 4.74 Å². The van der Waals surface area contributed by atoms with E-state index in [-0.39, 0.29) is 0 Å². The molecule has 0 bridgehead atoms. The minimum absolute atomic E-state index is 0.301. The standard InChI is InChI=1S/C22H13Br2Cl2NO/c23-19-9-14(8-17(12-27)15-4-2-1-3-5-15)10-20(24)22(19)28-13-16-6-7-18(25)11-21(16)26/h1-11H,13H2/b17-8+. The third kappa shape index (κ3) is 5.18. The molecule has 0 saturated heterocycles. The normalized spacial score (nSPS) is 11.2. The Bertz CT molecular complexity index is 1050. The summed E-state index contributed by atoms with van der Waals surface area (Å²) < 4.78 is 7.47. The molecule has 0 saturated carbocycles. The molecule has 2 nitrogen and oxygen atoms in total. The number of hydrogen-bond donors (Lipinski definition) is 0. The Morgan fingerprint density at radius 1 is 1.00 bits per heavy atom. The average molecular weight is 538 g/mol. The molecule has 0 atom stereocenters. The highest BCUT2D eigenvalue weighted by atomic mass is 79.9. The molecule has 0 N–H and O–H groups in total. The lowest BCUT2D eigenvalue weighted by molar-refractivity contribution is 0.302. The van der Waals surface area contributed by atoms with Gasteiger partial charge in [0.1, 0.15) is 12.4 Å². The van der Waals surface area contributed by atoms with Crippen molar-refractivity contribution in [1.29, 1.82) is 5.26 Å². The van der Waals surface area contributed by atoms with Gasteiger partial charge >= 0.3 is 0 Å². The summed E-state index contributed by atoms with van der Waals surface area (Å²) in [4.78, 5) is 0. The van der Waals surface area contributed by atoms with E-state index in [1.54, 1.807) is 12.1 Å². The predicted octanol–water partition coefficient (Wildman–Crippen LogP) is 8.16. The van der Waals surface area contributed by atoms with Crippen LogP contribution in [0.1, 0.15) is 16.7 Å². The molecular weight excluding hydrogens is 525 g/mol. The van der Waals surface area contributed by atoms with E-state index in [0.717, 1.165) is 25.6 Å². The number of ether oxygens (including phenoxy) is 1. The van der Waals surface area contributed by atoms with Crippen LogP contribution in [-0.2, 0) is 6.61 Å². The van der Waals surface area contributed by atoms with Gasteiger partial charge in [-0.1, -0.05) is 59.6 Å². The molecular formula is C22H13Br2Cl2NO. The summed E-state index contributed by atoms with van der Waals surface area (Å²) in [5, 5.41) is 10.6. The zero-order valence-electron chi connectivity index (χ0n) is 14.4. The maximum Gasteiger partial charge on any atom is 0.148 e. The highest BCUT2D eigenvalue weighted by Gasteiger charge is 2.11. The molecule has 0 heterocycles. The number of halogens is 4. The highest BCUT2D eigenvalue weighted by molar-refractivity contribution is 9.11. The Hall–Kier alpha value is -1.77. The Morgan fingerprint density at radius 2 is 1.68 bits per heavy atom. The van der Waals surface area contributed by atoms with Gasteiger partial charge in [-0.15, -0.1) is 0 Å². The maximum atomic E-state index is 9.50. The molecule has 140 valence electrons. The Morgan fingerprint density at radius 3 is 2.29 bits per heavy atom. The zero-order valence-corrected chi connectivity index (χ0v) is 19.1. The fraction of sp³-hybridized carbons (Fsp3) is 0.0455. The van der Waals surface area contributed by atoms with Crippen molar-refractivity contribution in [1.82, 2.24) is 0 Å². The van der Waals surface area contributed by atoms with Crippen molar-refractivity contribution in [3.8, 4) is 11.8 Å². The van der Waals surface area contributed by atoms with Gasteiger partial charge in [0.05, 0.1) is 20.6 Å². The van der Waals surface area contributed by atoms with Crippen molar-refractivity contribution in [2.75, 3.05) is 0 Å². The Balaban J connectivity index is 1.85. The van der Waals surface area contributed by atoms with E-state index in [2.05, 4.69) is 37.9 Å². The summed E-state index contributed by atoms with van der Waals surface area (Å²) in [6.45, 7) is 0.301. The number of hydrogen-bond acceptors (Lipinski definition) is 2. The third-order valence-electron chi connectivity index (χ3n) is 3.92. The van der Waals surface area contributed by atoms with Gasteiger partial charge in [-0.2, -0.15) is 5.26 Å². The van der Waals surface area contributed by atoms with Crippen molar-refractivity contribution < 1.29 is 4.74 Å². The first-order valence-electron chi connectivity index (χ1n) is 8.21. The van der Waals surface area contributed by atoms with Gasteiger partial charge < -0.3 is 4.74 Å². The number of allylic oxidation sites excluding steroid dienone is 1. The minimum atomic E-state index is 0.301. The first-order chi connectivity index (χ1) is 13.5. The van der Waals surface area contributed by atoms with Crippen LogP contribution in [0.3, 0.4) is 0 Å². The van der Waals surface area contributed by atoms with E-state index < -0.39 is 0 Å². The molecule has 28 heavy (non-hydrogen) atoms. The van der Waals surface area contributed by atoms with Crippen LogP contribution in [0.4, 0.5) is 0 Å². The van der Waals surface area contributed by atoms with Gasteiger partial charge in [0.25, 0.3) is 0 Å². The SMILES string of the molecule is N#C/C(=C\c1cc(Br)c(OCc2ccc(Cl)cc2Cl)c(Br)c1)c1ccccc1. The van der Waals surface area contributed by atoms with Crippen molar-refractivity contribution in [3.63, 3.8) is 0 Å². The van der Waals surface area contributed by atoms with E-state index >= 15 is 0 Å². The van der Waals surface area contributed by atoms with Crippen LogP contribution in [-0.4, -0.2) is 0 Å². The van der Waals surface area contributed by atoms with Gasteiger partial charge in [0, 0.05) is 15.6 Å². The lowest BCUT2D eigenvalue weighted by Crippen LogP contribution is -1.98. The topological polar surface area (TPSA) is 33.0 Å². The van der Waals surface area contributed by atoms with Crippen molar-refractivity contribution in [2.45, 2.75) is 6.61 Å². The summed E-state index contributed by atoms with van der Waals surface area (Å²) >= 11 is 19.2. The van der Waals surface area contributed by atoms with Crippen LogP contribution in [0.25, 0.3) is 11.6 Å². The summed E-state index contributed by atoms with van der Waals surface area (Å²) in [6, 6.07) is 20.9. The summed E-state index contributed by atoms with van der Waals surface area (Å²) in [7, 11) is 0. The minimum Gasteiger partial charge on any atom is -0.486 e. The van der Waals surface area contributed by atoms with Gasteiger partial charge in [-0.3, -0.25) is 0 Å². The zero-order chi connectivity index (χ0) is 20.1. The molecule has 0 amide bonds. The van der Waals surface area contributed by atoms with Gasteiger partial charge in [0.15, 0.2) is 0 Å². The predicted molar refractivity (Wildman–Crippen MR) is 123 cm³/mol. The molecule has 3 rings (SSSR count). The number of nitriles is 1. The monoisotopic (exact) mass is 535 g/mol. The second kappa shape index (κ2) is 9.62. The van der Waals surface area contributed by atoms with Gasteiger partial charge in [0.2, 0.25) is 0 Å². The van der Waals surface area contributed by atoms with E-state index in [1.807, 2.05) is 54.6 Å². The largest absolute Gasteiger partial charge is 0.486 e. The molecule has 0 fully saturated rings. The van der Waals surface area contributed by atoms with Crippen LogP contribution in [0.2, 0.25) is 10.0 Å². The van der Waals surface area contributed by atoms with E-state index in [4.69, 9.17) is 27.9 Å². The van der Waals surface area contributed by atoms with E-state index in [9.17, 15) is 5.26 Å². The molecule has 0 aliphatic rings.